The lowest BCUT2D eigenvalue weighted by Gasteiger charge is -2.46. The molecule has 17 aromatic rings. The first-order valence-corrected chi connectivity index (χ1v) is 38.5. The Hall–Kier alpha value is -12.4. The van der Waals surface area contributed by atoms with Gasteiger partial charge in [-0.2, -0.15) is 0 Å². The SMILES string of the molecule is CCCCc1cc(-c2ccccc2)cc(-c2ccccc2)c1N1c2cc(-n3c4ccccc4c4cc(-c5ccccc5)ccc43)ccc2B2c3ccc(-n4c5ccccc5c5cc(-c6ccccc6)ccc54)cc3N(c3c(CCCC)cc(-c4ccccc4)cc3-c3ccccc3)c3cc(C(C)(C)C)cc1c32. The molecule has 0 saturated heterocycles. The minimum Gasteiger partial charge on any atom is -0.310 e. The van der Waals surface area contributed by atoms with Crippen molar-refractivity contribution in [3.63, 3.8) is 0 Å². The van der Waals surface area contributed by atoms with Crippen LogP contribution in [-0.2, 0) is 18.3 Å². The summed E-state index contributed by atoms with van der Waals surface area (Å²) in [7, 11) is 0. The second kappa shape index (κ2) is 26.9. The highest BCUT2D eigenvalue weighted by molar-refractivity contribution is 7.00. The minimum atomic E-state index is -0.305. The Kier molecular flexibility index (Phi) is 16.4. The average Bonchev–Trinajstić information content (AvgIpc) is 1.35. The number of fused-ring (bicyclic) bond motifs is 10. The summed E-state index contributed by atoms with van der Waals surface area (Å²) in [5.74, 6) is 0. The van der Waals surface area contributed by atoms with Crippen molar-refractivity contribution in [3.05, 3.63) is 356 Å². The number of aromatic nitrogens is 2. The Balaban J connectivity index is 0.958. The summed E-state index contributed by atoms with van der Waals surface area (Å²) in [6.07, 6.45) is 5.94. The van der Waals surface area contributed by atoms with Crippen LogP contribution in [0.25, 0.3) is 122 Å². The fourth-order valence-electron chi connectivity index (χ4n) is 17.6. The maximum atomic E-state index is 2.78. The van der Waals surface area contributed by atoms with Crippen molar-refractivity contribution in [2.75, 3.05) is 9.80 Å². The molecule has 0 atom stereocenters. The van der Waals surface area contributed by atoms with E-state index in [2.05, 4.69) is 393 Å². The number of nitrogens with zero attached hydrogens (tertiary/aromatic N) is 4. The number of hydrogen-bond acceptors (Lipinski definition) is 2. The molecular formula is C102H83BN4. The first kappa shape index (κ1) is 65.3. The molecule has 0 spiro atoms. The van der Waals surface area contributed by atoms with E-state index in [1.807, 2.05) is 0 Å². The lowest BCUT2D eigenvalue weighted by Crippen LogP contribution is -2.61. The monoisotopic (exact) mass is 1370 g/mol. The molecule has 15 aromatic carbocycles. The van der Waals surface area contributed by atoms with Crippen LogP contribution in [0.4, 0.5) is 34.1 Å². The van der Waals surface area contributed by atoms with Crippen LogP contribution in [0.2, 0.25) is 0 Å². The fourth-order valence-corrected chi connectivity index (χ4v) is 17.6. The number of rotatable bonds is 16. The Morgan fingerprint density at radius 3 is 1.00 bits per heavy atom. The molecule has 0 amide bonds. The Morgan fingerprint density at radius 1 is 0.280 bits per heavy atom. The third-order valence-electron chi connectivity index (χ3n) is 22.8. The molecule has 0 unspecified atom stereocenters. The average molecular weight is 1380 g/mol. The summed E-state index contributed by atoms with van der Waals surface area (Å²) in [6, 6.07) is 129. The highest BCUT2D eigenvalue weighted by Crippen LogP contribution is 2.54. The van der Waals surface area contributed by atoms with Crippen LogP contribution < -0.4 is 26.2 Å². The van der Waals surface area contributed by atoms with Gasteiger partial charge in [-0.25, -0.2) is 0 Å². The quantitative estimate of drug-likeness (QED) is 0.0897. The van der Waals surface area contributed by atoms with Crippen molar-refractivity contribution in [1.29, 1.82) is 0 Å². The Bertz CT molecular complexity index is 5880. The zero-order chi connectivity index (χ0) is 71.9. The molecule has 0 aliphatic carbocycles. The van der Waals surface area contributed by atoms with Crippen LogP contribution >= 0.6 is 0 Å². The molecule has 0 fully saturated rings. The smallest absolute Gasteiger partial charge is 0.252 e. The second-order valence-corrected chi connectivity index (χ2v) is 30.4. The van der Waals surface area contributed by atoms with Crippen LogP contribution in [0.1, 0.15) is 77.0 Å². The topological polar surface area (TPSA) is 16.3 Å². The van der Waals surface area contributed by atoms with Gasteiger partial charge in [-0.05, 0) is 217 Å². The highest BCUT2D eigenvalue weighted by Gasteiger charge is 2.46. The molecule has 4 heterocycles. The number of unbranched alkanes of at least 4 members (excludes halogenated alkanes) is 2. The number of para-hydroxylation sites is 2. The molecule has 2 aliphatic heterocycles. The predicted molar refractivity (Wildman–Crippen MR) is 458 cm³/mol. The lowest BCUT2D eigenvalue weighted by atomic mass is 9.33. The van der Waals surface area contributed by atoms with E-state index in [1.54, 1.807) is 0 Å². The van der Waals surface area contributed by atoms with Gasteiger partial charge in [-0.3, -0.25) is 0 Å². The summed E-state index contributed by atoms with van der Waals surface area (Å²) in [5, 5.41) is 4.92. The summed E-state index contributed by atoms with van der Waals surface area (Å²) >= 11 is 0. The van der Waals surface area contributed by atoms with E-state index in [9.17, 15) is 0 Å². The van der Waals surface area contributed by atoms with Gasteiger partial charge in [0.05, 0.1) is 33.4 Å². The lowest BCUT2D eigenvalue weighted by molar-refractivity contribution is 0.590. The van der Waals surface area contributed by atoms with E-state index in [-0.39, 0.29) is 12.1 Å². The van der Waals surface area contributed by atoms with Crippen LogP contribution in [0.5, 0.6) is 0 Å². The van der Waals surface area contributed by atoms with Gasteiger partial charge in [-0.1, -0.05) is 290 Å². The zero-order valence-electron chi connectivity index (χ0n) is 61.4. The summed E-state index contributed by atoms with van der Waals surface area (Å²) < 4.78 is 5.08. The largest absolute Gasteiger partial charge is 0.310 e. The molecule has 0 bridgehead atoms. The van der Waals surface area contributed by atoms with E-state index in [0.717, 1.165) is 49.9 Å². The summed E-state index contributed by atoms with van der Waals surface area (Å²) in [5.41, 5.74) is 36.0. The van der Waals surface area contributed by atoms with Crippen molar-refractivity contribution in [3.8, 4) is 78.1 Å². The molecule has 0 radical (unpaired) electrons. The van der Waals surface area contributed by atoms with Crippen molar-refractivity contribution >= 4 is 101 Å². The van der Waals surface area contributed by atoms with Crippen molar-refractivity contribution in [2.24, 2.45) is 0 Å². The van der Waals surface area contributed by atoms with E-state index in [1.165, 1.54) is 178 Å². The minimum absolute atomic E-state index is 0.210. The summed E-state index contributed by atoms with van der Waals surface area (Å²) in [4.78, 5) is 5.56. The Morgan fingerprint density at radius 2 is 0.626 bits per heavy atom. The molecule has 0 saturated carbocycles. The molecule has 19 rings (SSSR count). The first-order valence-electron chi connectivity index (χ1n) is 38.5. The number of hydrogen-bond donors (Lipinski definition) is 0. The van der Waals surface area contributed by atoms with Crippen LogP contribution in [-0.4, -0.2) is 15.8 Å². The third kappa shape index (κ3) is 11.3. The van der Waals surface area contributed by atoms with E-state index >= 15 is 0 Å². The van der Waals surface area contributed by atoms with Gasteiger partial charge in [0.25, 0.3) is 6.71 Å². The number of benzene rings is 15. The van der Waals surface area contributed by atoms with Crippen LogP contribution in [0, 0.1) is 0 Å². The zero-order valence-corrected chi connectivity index (χ0v) is 61.4. The molecule has 5 heteroatoms. The molecule has 2 aliphatic rings. The van der Waals surface area contributed by atoms with E-state index in [4.69, 9.17) is 0 Å². The predicted octanol–water partition coefficient (Wildman–Crippen LogP) is 25.9. The molecule has 2 aromatic heterocycles. The number of anilines is 6. The highest BCUT2D eigenvalue weighted by atomic mass is 15.2. The van der Waals surface area contributed by atoms with Gasteiger partial charge in [-0.15, -0.1) is 0 Å². The van der Waals surface area contributed by atoms with Crippen molar-refractivity contribution in [1.82, 2.24) is 9.13 Å². The van der Waals surface area contributed by atoms with Gasteiger partial charge >= 0.3 is 0 Å². The Labute approximate surface area is 628 Å². The van der Waals surface area contributed by atoms with Crippen LogP contribution in [0.3, 0.4) is 0 Å². The fraction of sp³-hybridized carbons (Fsp3) is 0.118. The maximum Gasteiger partial charge on any atom is 0.252 e. The summed E-state index contributed by atoms with van der Waals surface area (Å²) in [6.45, 7) is 11.7. The van der Waals surface area contributed by atoms with Gasteiger partial charge in [0.15, 0.2) is 0 Å². The van der Waals surface area contributed by atoms with Crippen molar-refractivity contribution < 1.29 is 0 Å². The molecule has 107 heavy (non-hydrogen) atoms. The third-order valence-corrected chi connectivity index (χ3v) is 22.8. The molecule has 0 N–H and O–H groups in total. The molecule has 4 nitrogen and oxygen atoms in total. The van der Waals surface area contributed by atoms with E-state index in [0.29, 0.717) is 0 Å². The van der Waals surface area contributed by atoms with Crippen LogP contribution in [0.15, 0.2) is 340 Å². The maximum absolute atomic E-state index is 2.78. The first-order chi connectivity index (χ1) is 52.6. The normalized spacial score (nSPS) is 12.5. The van der Waals surface area contributed by atoms with Gasteiger partial charge in [0.2, 0.25) is 0 Å². The number of aryl methyl sites for hydroxylation is 2. The van der Waals surface area contributed by atoms with Gasteiger partial charge in [0, 0.05) is 66.8 Å². The molecule has 514 valence electrons. The molecular weight excluding hydrogens is 1290 g/mol. The van der Waals surface area contributed by atoms with Gasteiger partial charge in [0.1, 0.15) is 0 Å². The standard InChI is InChI=1S/C102H83BN4/c1-6-8-32-76-58-78(70-38-20-12-21-39-70)62-85(72-42-24-14-25-43-72)100(76)106-95-66-81(104-91-48-30-28-46-83(91)87-60-74(50-56-93(87)104)68-34-16-10-17-35-68)52-54-89(95)103-90-55-53-82(105-92-49-31-29-47-84(92)88-61-75(51-57-94(88)105)69-36-18-11-19-37-69)67-96(90)107(98-65-80(102(3,4)5)64-97(106)99(98)103)101-77(33-9-7-2)59-79(71-40-22-13-23-41-71)63-86(101)73-44-26-15-27-45-73/h10-31,34-67H,6-9,32-33H2,1-5H3. The van der Waals surface area contributed by atoms with Gasteiger partial charge < -0.3 is 18.9 Å². The van der Waals surface area contributed by atoms with Crippen molar-refractivity contribution in [2.45, 2.75) is 78.6 Å². The van der Waals surface area contributed by atoms with E-state index < -0.39 is 0 Å². The second-order valence-electron chi connectivity index (χ2n) is 30.4.